The molecule has 0 saturated carbocycles. The van der Waals surface area contributed by atoms with E-state index in [1.165, 1.54) is 16.9 Å². The summed E-state index contributed by atoms with van der Waals surface area (Å²) in [4.78, 5) is 0.0659. The van der Waals surface area contributed by atoms with Crippen molar-refractivity contribution in [2.45, 2.75) is 11.1 Å². The van der Waals surface area contributed by atoms with Gasteiger partial charge in [-0.25, -0.2) is 8.42 Å². The van der Waals surface area contributed by atoms with Crippen LogP contribution in [0.3, 0.4) is 0 Å². The van der Waals surface area contributed by atoms with Crippen molar-refractivity contribution in [2.75, 3.05) is 4.72 Å². The Labute approximate surface area is 130 Å². The second kappa shape index (κ2) is 5.32. The van der Waals surface area contributed by atoms with Gasteiger partial charge in [0.05, 0.1) is 16.1 Å². The number of nitrogens with two attached hydrogens (primary N) is 1. The minimum absolute atomic E-state index is 0.0659. The number of anilines is 1. The Balaban J connectivity index is 2.43. The standard InChI is InChI=1S/C10H11ClN4O2S3/c1-5-3-7(19-8(5)11)20(16,17)14-10-6(9(12)18)4-13-15(10)2/h3-4,14H,1-2H3,(H2,12,18). The molecule has 0 fully saturated rings. The molecule has 0 spiro atoms. The number of nitrogens with zero attached hydrogens (tertiary/aromatic N) is 2. The zero-order valence-corrected chi connectivity index (χ0v) is 13.8. The molecule has 2 rings (SSSR count). The Morgan fingerprint density at radius 2 is 2.25 bits per heavy atom. The summed E-state index contributed by atoms with van der Waals surface area (Å²) in [5.74, 6) is 0.222. The number of halogens is 1. The Morgan fingerprint density at radius 1 is 1.60 bits per heavy atom. The molecule has 108 valence electrons. The molecule has 0 aliphatic carbocycles. The smallest absolute Gasteiger partial charge is 0.272 e. The number of thiophene rings is 1. The van der Waals surface area contributed by atoms with Gasteiger partial charge in [0.15, 0.2) is 0 Å². The van der Waals surface area contributed by atoms with Gasteiger partial charge in [0.25, 0.3) is 10.0 Å². The summed E-state index contributed by atoms with van der Waals surface area (Å²) >= 11 is 11.7. The first-order valence-electron chi connectivity index (χ1n) is 5.33. The third-order valence-electron chi connectivity index (χ3n) is 2.53. The molecule has 2 heterocycles. The van der Waals surface area contributed by atoms with Gasteiger partial charge < -0.3 is 5.73 Å². The van der Waals surface area contributed by atoms with Crippen molar-refractivity contribution in [1.29, 1.82) is 0 Å². The average Bonchev–Trinajstić information content (AvgIpc) is 2.85. The molecule has 0 aliphatic heterocycles. The van der Waals surface area contributed by atoms with Gasteiger partial charge >= 0.3 is 0 Å². The first kappa shape index (κ1) is 15.2. The summed E-state index contributed by atoms with van der Waals surface area (Å²) in [6.45, 7) is 1.74. The molecule has 0 amide bonds. The fraction of sp³-hybridized carbons (Fsp3) is 0.200. The maximum atomic E-state index is 12.3. The van der Waals surface area contributed by atoms with E-state index in [1.807, 2.05) is 0 Å². The van der Waals surface area contributed by atoms with Gasteiger partial charge in [0.2, 0.25) is 0 Å². The van der Waals surface area contributed by atoms with Crippen molar-refractivity contribution in [1.82, 2.24) is 9.78 Å². The molecule has 0 saturated heterocycles. The SMILES string of the molecule is Cc1cc(S(=O)(=O)Nc2c(C(N)=S)cnn2C)sc1Cl. The molecule has 2 aromatic rings. The molecule has 0 aromatic carbocycles. The summed E-state index contributed by atoms with van der Waals surface area (Å²) in [5, 5.41) is 3.94. The predicted molar refractivity (Wildman–Crippen MR) is 84.0 cm³/mol. The van der Waals surface area contributed by atoms with E-state index in [4.69, 9.17) is 29.6 Å². The van der Waals surface area contributed by atoms with Crippen molar-refractivity contribution in [3.8, 4) is 0 Å². The topological polar surface area (TPSA) is 90.0 Å². The molecule has 10 heteroatoms. The van der Waals surface area contributed by atoms with E-state index in [-0.39, 0.29) is 15.0 Å². The molecular formula is C10H11ClN4O2S3. The lowest BCUT2D eigenvalue weighted by Crippen LogP contribution is -2.18. The molecular weight excluding hydrogens is 340 g/mol. The lowest BCUT2D eigenvalue weighted by atomic mass is 10.3. The molecule has 2 aromatic heterocycles. The number of hydrogen-bond acceptors (Lipinski definition) is 5. The molecule has 0 aliphatic rings. The normalized spacial score (nSPS) is 11.6. The van der Waals surface area contributed by atoms with Crippen LogP contribution in [-0.2, 0) is 17.1 Å². The van der Waals surface area contributed by atoms with Crippen LogP contribution >= 0.6 is 35.2 Å². The Bertz CT molecular complexity index is 759. The number of aromatic nitrogens is 2. The van der Waals surface area contributed by atoms with E-state index in [0.717, 1.165) is 11.3 Å². The number of nitrogens with one attached hydrogen (secondary N) is 1. The van der Waals surface area contributed by atoms with E-state index >= 15 is 0 Å². The molecule has 6 nitrogen and oxygen atoms in total. The summed E-state index contributed by atoms with van der Waals surface area (Å²) in [6, 6.07) is 1.51. The largest absolute Gasteiger partial charge is 0.389 e. The number of hydrogen-bond donors (Lipinski definition) is 2. The number of rotatable bonds is 4. The number of sulfonamides is 1. The van der Waals surface area contributed by atoms with Gasteiger partial charge in [0.1, 0.15) is 15.0 Å². The lowest BCUT2D eigenvalue weighted by Gasteiger charge is -2.08. The number of aryl methyl sites for hydroxylation is 2. The van der Waals surface area contributed by atoms with Crippen molar-refractivity contribution in [3.63, 3.8) is 0 Å². The zero-order valence-electron chi connectivity index (χ0n) is 10.5. The molecule has 0 unspecified atom stereocenters. The molecule has 20 heavy (non-hydrogen) atoms. The van der Waals surface area contributed by atoms with Gasteiger partial charge in [-0.3, -0.25) is 9.40 Å². The van der Waals surface area contributed by atoms with Crippen LogP contribution in [0.1, 0.15) is 11.1 Å². The fourth-order valence-electron chi connectivity index (χ4n) is 1.48. The summed E-state index contributed by atoms with van der Waals surface area (Å²) < 4.78 is 29.0. The molecule has 0 radical (unpaired) electrons. The highest BCUT2D eigenvalue weighted by atomic mass is 35.5. The Kier molecular flexibility index (Phi) is 4.05. The van der Waals surface area contributed by atoms with Gasteiger partial charge in [0, 0.05) is 7.05 Å². The highest BCUT2D eigenvalue weighted by molar-refractivity contribution is 7.94. The van der Waals surface area contributed by atoms with E-state index in [0.29, 0.717) is 15.5 Å². The summed E-state index contributed by atoms with van der Waals surface area (Å²) in [5.41, 5.74) is 6.61. The Hall–Kier alpha value is -1.16. The minimum Gasteiger partial charge on any atom is -0.389 e. The van der Waals surface area contributed by atoms with Crippen LogP contribution in [0.5, 0.6) is 0 Å². The maximum absolute atomic E-state index is 12.3. The van der Waals surface area contributed by atoms with Crippen LogP contribution in [0.2, 0.25) is 4.34 Å². The highest BCUT2D eigenvalue weighted by Gasteiger charge is 2.22. The van der Waals surface area contributed by atoms with Gasteiger partial charge in [-0.1, -0.05) is 23.8 Å². The third kappa shape index (κ3) is 2.80. The Morgan fingerprint density at radius 3 is 2.75 bits per heavy atom. The van der Waals surface area contributed by atoms with Gasteiger partial charge in [-0.05, 0) is 18.6 Å². The monoisotopic (exact) mass is 350 g/mol. The van der Waals surface area contributed by atoms with Crippen LogP contribution in [-0.4, -0.2) is 23.2 Å². The first-order chi connectivity index (χ1) is 9.22. The lowest BCUT2D eigenvalue weighted by molar-refractivity contribution is 0.602. The second-order valence-corrected chi connectivity index (χ2v) is 8.03. The van der Waals surface area contributed by atoms with Crippen LogP contribution in [0.15, 0.2) is 16.5 Å². The van der Waals surface area contributed by atoms with Crippen molar-refractivity contribution in [2.24, 2.45) is 12.8 Å². The zero-order chi connectivity index (χ0) is 15.1. The molecule has 3 N–H and O–H groups in total. The number of thiocarbonyl (C=S) groups is 1. The van der Waals surface area contributed by atoms with Crippen LogP contribution in [0.25, 0.3) is 0 Å². The highest BCUT2D eigenvalue weighted by Crippen LogP contribution is 2.31. The third-order valence-corrected chi connectivity index (χ3v) is 6.12. The molecule has 0 atom stereocenters. The van der Waals surface area contributed by atoms with E-state index in [1.54, 1.807) is 14.0 Å². The van der Waals surface area contributed by atoms with Gasteiger partial charge in [-0.2, -0.15) is 5.10 Å². The summed E-state index contributed by atoms with van der Waals surface area (Å²) in [6.07, 6.45) is 1.41. The first-order valence-corrected chi connectivity index (χ1v) is 8.41. The predicted octanol–water partition coefficient (Wildman–Crippen LogP) is 1.88. The molecule has 0 bridgehead atoms. The van der Waals surface area contributed by atoms with Crippen molar-refractivity contribution in [3.05, 3.63) is 27.7 Å². The second-order valence-electron chi connectivity index (χ2n) is 4.02. The van der Waals surface area contributed by atoms with E-state index in [9.17, 15) is 8.42 Å². The van der Waals surface area contributed by atoms with Crippen LogP contribution < -0.4 is 10.5 Å². The summed E-state index contributed by atoms with van der Waals surface area (Å²) in [7, 11) is -2.17. The minimum atomic E-state index is -3.76. The van der Waals surface area contributed by atoms with Gasteiger partial charge in [-0.15, -0.1) is 11.3 Å². The average molecular weight is 351 g/mol. The van der Waals surface area contributed by atoms with E-state index < -0.39 is 10.0 Å². The quantitative estimate of drug-likeness (QED) is 0.822. The van der Waals surface area contributed by atoms with Crippen LogP contribution in [0.4, 0.5) is 5.82 Å². The van der Waals surface area contributed by atoms with Crippen molar-refractivity contribution >= 4 is 56.0 Å². The fourth-order valence-corrected chi connectivity index (χ4v) is 4.45. The maximum Gasteiger partial charge on any atom is 0.272 e. The van der Waals surface area contributed by atoms with E-state index in [2.05, 4.69) is 9.82 Å². The van der Waals surface area contributed by atoms with Crippen molar-refractivity contribution < 1.29 is 8.42 Å². The van der Waals surface area contributed by atoms with Crippen LogP contribution in [0, 0.1) is 6.92 Å².